The van der Waals surface area contributed by atoms with Gasteiger partial charge in [0.2, 0.25) is 5.78 Å². The minimum absolute atomic E-state index is 0.0705. The molecule has 0 spiro atoms. The minimum Gasteiger partial charge on any atom is -0.461 e. The van der Waals surface area contributed by atoms with Gasteiger partial charge in [0.25, 0.3) is 0 Å². The molecule has 3 nitrogen and oxygen atoms in total. The third kappa shape index (κ3) is 2.55. The van der Waals surface area contributed by atoms with E-state index < -0.39 is 5.41 Å². The molecule has 1 aromatic rings. The van der Waals surface area contributed by atoms with Gasteiger partial charge in [0, 0.05) is 5.41 Å². The summed E-state index contributed by atoms with van der Waals surface area (Å²) in [6.45, 7) is 5.39. The van der Waals surface area contributed by atoms with Crippen molar-refractivity contribution >= 4 is 11.6 Å². The van der Waals surface area contributed by atoms with Crippen molar-refractivity contribution in [1.82, 2.24) is 0 Å². The summed E-state index contributed by atoms with van der Waals surface area (Å²) in [5, 5.41) is 0. The highest BCUT2D eigenvalue weighted by Gasteiger charge is 2.24. The van der Waals surface area contributed by atoms with Crippen molar-refractivity contribution in [1.29, 1.82) is 0 Å². The predicted molar refractivity (Wildman–Crippen MR) is 52.1 cm³/mol. The van der Waals surface area contributed by atoms with E-state index in [1.165, 1.54) is 6.26 Å². The molecule has 0 atom stereocenters. The molecule has 0 saturated carbocycles. The molecule has 0 bridgehead atoms. The fraction of sp³-hybridized carbons (Fsp3) is 0.455. The largest absolute Gasteiger partial charge is 0.461 e. The Morgan fingerprint density at radius 3 is 2.43 bits per heavy atom. The molecule has 3 heteroatoms. The van der Waals surface area contributed by atoms with E-state index in [1.807, 2.05) is 0 Å². The normalized spacial score (nSPS) is 11.4. The minimum atomic E-state index is -0.470. The zero-order valence-corrected chi connectivity index (χ0v) is 8.66. The second kappa shape index (κ2) is 3.78. The number of Topliss-reactive ketones (excluding diaryl/α,β-unsaturated/α-hetero) is 2. The van der Waals surface area contributed by atoms with Crippen LogP contribution in [0.3, 0.4) is 0 Å². The molecule has 1 heterocycles. The van der Waals surface area contributed by atoms with Crippen molar-refractivity contribution in [2.75, 3.05) is 0 Å². The van der Waals surface area contributed by atoms with E-state index in [-0.39, 0.29) is 23.7 Å². The Morgan fingerprint density at radius 2 is 2.00 bits per heavy atom. The second-order valence-electron chi connectivity index (χ2n) is 4.25. The van der Waals surface area contributed by atoms with Crippen LogP contribution in [0.1, 0.15) is 37.7 Å². The van der Waals surface area contributed by atoms with E-state index in [4.69, 9.17) is 4.42 Å². The molecular weight excluding hydrogens is 180 g/mol. The van der Waals surface area contributed by atoms with Gasteiger partial charge in [0.05, 0.1) is 12.7 Å². The Bertz CT molecular complexity index is 328. The molecule has 0 amide bonds. The van der Waals surface area contributed by atoms with Gasteiger partial charge in [-0.15, -0.1) is 0 Å². The Labute approximate surface area is 83.1 Å². The van der Waals surface area contributed by atoms with Crippen LogP contribution in [0.15, 0.2) is 22.8 Å². The van der Waals surface area contributed by atoms with Gasteiger partial charge < -0.3 is 4.42 Å². The number of carbonyl (C=O) groups is 2. The number of furan rings is 1. The van der Waals surface area contributed by atoms with Crippen molar-refractivity contribution in [3.05, 3.63) is 24.2 Å². The number of ketones is 2. The van der Waals surface area contributed by atoms with Crippen LogP contribution in [0.5, 0.6) is 0 Å². The highest BCUT2D eigenvalue weighted by Crippen LogP contribution is 2.18. The topological polar surface area (TPSA) is 47.3 Å². The summed E-state index contributed by atoms with van der Waals surface area (Å²) in [4.78, 5) is 23.0. The fourth-order valence-electron chi connectivity index (χ4n) is 0.935. The highest BCUT2D eigenvalue weighted by molar-refractivity contribution is 6.07. The van der Waals surface area contributed by atoms with Crippen LogP contribution in [-0.2, 0) is 4.79 Å². The van der Waals surface area contributed by atoms with Gasteiger partial charge in [-0.25, -0.2) is 0 Å². The standard InChI is InChI=1S/C11H14O3/c1-11(2,3)10(13)7-8(12)9-5-4-6-14-9/h4-6H,7H2,1-3H3. The number of hydrogen-bond acceptors (Lipinski definition) is 3. The molecule has 14 heavy (non-hydrogen) atoms. The fourth-order valence-corrected chi connectivity index (χ4v) is 0.935. The van der Waals surface area contributed by atoms with Crippen LogP contribution < -0.4 is 0 Å². The first-order chi connectivity index (χ1) is 6.41. The number of rotatable bonds is 3. The Hall–Kier alpha value is -1.38. The van der Waals surface area contributed by atoms with Gasteiger partial charge in [-0.2, -0.15) is 0 Å². The van der Waals surface area contributed by atoms with Gasteiger partial charge >= 0.3 is 0 Å². The summed E-state index contributed by atoms with van der Waals surface area (Å²) in [7, 11) is 0. The molecule has 0 fully saturated rings. The van der Waals surface area contributed by atoms with E-state index in [0.29, 0.717) is 0 Å². The number of carbonyl (C=O) groups excluding carboxylic acids is 2. The monoisotopic (exact) mass is 194 g/mol. The second-order valence-corrected chi connectivity index (χ2v) is 4.25. The molecular formula is C11H14O3. The van der Waals surface area contributed by atoms with Crippen LogP contribution in [0, 0.1) is 5.41 Å². The smallest absolute Gasteiger partial charge is 0.205 e. The van der Waals surface area contributed by atoms with Gasteiger partial charge in [-0.3, -0.25) is 9.59 Å². The van der Waals surface area contributed by atoms with Crippen LogP contribution in [0.4, 0.5) is 0 Å². The summed E-state index contributed by atoms with van der Waals surface area (Å²) in [5.74, 6) is -0.0728. The van der Waals surface area contributed by atoms with Crippen LogP contribution in [-0.4, -0.2) is 11.6 Å². The Morgan fingerprint density at radius 1 is 1.36 bits per heavy atom. The SMILES string of the molecule is CC(C)(C)C(=O)CC(=O)c1ccco1. The van der Waals surface area contributed by atoms with Crippen molar-refractivity contribution in [2.45, 2.75) is 27.2 Å². The van der Waals surface area contributed by atoms with E-state index in [1.54, 1.807) is 32.9 Å². The summed E-state index contributed by atoms with van der Waals surface area (Å²) in [5.41, 5.74) is -0.470. The average molecular weight is 194 g/mol. The zero-order valence-electron chi connectivity index (χ0n) is 8.66. The third-order valence-electron chi connectivity index (χ3n) is 1.95. The average Bonchev–Trinajstić information content (AvgIpc) is 2.53. The van der Waals surface area contributed by atoms with Gasteiger partial charge in [-0.05, 0) is 12.1 Å². The maximum atomic E-state index is 11.5. The summed E-state index contributed by atoms with van der Waals surface area (Å²) >= 11 is 0. The molecule has 0 aromatic carbocycles. The van der Waals surface area contributed by atoms with E-state index in [9.17, 15) is 9.59 Å². The van der Waals surface area contributed by atoms with Crippen LogP contribution >= 0.6 is 0 Å². The predicted octanol–water partition coefficient (Wildman–Crippen LogP) is 2.47. The molecule has 0 unspecified atom stereocenters. The summed E-state index contributed by atoms with van der Waals surface area (Å²) in [6.07, 6.45) is 1.34. The lowest BCUT2D eigenvalue weighted by Gasteiger charge is -2.15. The molecule has 0 saturated heterocycles. The van der Waals surface area contributed by atoms with Gasteiger partial charge in [-0.1, -0.05) is 20.8 Å². The number of hydrogen-bond donors (Lipinski definition) is 0. The molecule has 0 N–H and O–H groups in total. The molecule has 0 aliphatic heterocycles. The maximum Gasteiger partial charge on any atom is 0.205 e. The van der Waals surface area contributed by atoms with Crippen LogP contribution in [0.25, 0.3) is 0 Å². The summed E-state index contributed by atoms with van der Waals surface area (Å²) in [6, 6.07) is 3.20. The Kier molecular flexibility index (Phi) is 2.89. The molecule has 76 valence electrons. The van der Waals surface area contributed by atoms with E-state index in [0.717, 1.165) is 0 Å². The Balaban J connectivity index is 2.63. The van der Waals surface area contributed by atoms with Gasteiger partial charge in [0.1, 0.15) is 5.78 Å². The van der Waals surface area contributed by atoms with Crippen molar-refractivity contribution in [3.8, 4) is 0 Å². The lowest BCUT2D eigenvalue weighted by atomic mass is 9.88. The van der Waals surface area contributed by atoms with E-state index >= 15 is 0 Å². The molecule has 1 rings (SSSR count). The molecule has 1 aromatic heterocycles. The highest BCUT2D eigenvalue weighted by atomic mass is 16.3. The van der Waals surface area contributed by atoms with E-state index in [2.05, 4.69) is 0 Å². The maximum absolute atomic E-state index is 11.5. The first-order valence-corrected chi connectivity index (χ1v) is 4.51. The van der Waals surface area contributed by atoms with Crippen LogP contribution in [0.2, 0.25) is 0 Å². The van der Waals surface area contributed by atoms with Gasteiger partial charge in [0.15, 0.2) is 5.76 Å². The first kappa shape index (κ1) is 10.7. The zero-order chi connectivity index (χ0) is 10.8. The first-order valence-electron chi connectivity index (χ1n) is 4.51. The quantitative estimate of drug-likeness (QED) is 0.548. The molecule has 0 aliphatic rings. The molecule has 0 radical (unpaired) electrons. The van der Waals surface area contributed by atoms with Crippen molar-refractivity contribution < 1.29 is 14.0 Å². The summed E-state index contributed by atoms with van der Waals surface area (Å²) < 4.78 is 4.91. The van der Waals surface area contributed by atoms with Crippen molar-refractivity contribution in [2.24, 2.45) is 5.41 Å². The lowest BCUT2D eigenvalue weighted by Crippen LogP contribution is -2.22. The molecule has 0 aliphatic carbocycles. The lowest BCUT2D eigenvalue weighted by molar-refractivity contribution is -0.125. The third-order valence-corrected chi connectivity index (χ3v) is 1.95. The van der Waals surface area contributed by atoms with Crippen molar-refractivity contribution in [3.63, 3.8) is 0 Å².